The van der Waals surface area contributed by atoms with E-state index in [-0.39, 0.29) is 23.1 Å². The van der Waals surface area contributed by atoms with Crippen molar-refractivity contribution in [1.82, 2.24) is 10.1 Å². The van der Waals surface area contributed by atoms with Crippen LogP contribution < -0.4 is 0 Å². The van der Waals surface area contributed by atoms with Gasteiger partial charge in [-0.25, -0.2) is 9.18 Å². The van der Waals surface area contributed by atoms with Crippen LogP contribution >= 0.6 is 22.9 Å². The quantitative estimate of drug-likeness (QED) is 0.674. The van der Waals surface area contributed by atoms with Crippen LogP contribution in [-0.2, 0) is 11.3 Å². The number of halogens is 2. The van der Waals surface area contributed by atoms with Crippen LogP contribution in [0.5, 0.6) is 0 Å². The van der Waals surface area contributed by atoms with E-state index >= 15 is 0 Å². The smallest absolute Gasteiger partial charge is 0.341 e. The molecular formula is C14H8ClFN2O3S. The Labute approximate surface area is 133 Å². The maximum Gasteiger partial charge on any atom is 0.341 e. The predicted octanol–water partition coefficient (Wildman–Crippen LogP) is 3.95. The van der Waals surface area contributed by atoms with Gasteiger partial charge >= 0.3 is 5.97 Å². The summed E-state index contributed by atoms with van der Waals surface area (Å²) < 4.78 is 23.5. The molecule has 0 atom stereocenters. The van der Waals surface area contributed by atoms with Crippen LogP contribution in [0.1, 0.15) is 16.2 Å². The average molecular weight is 339 g/mol. The molecule has 0 N–H and O–H groups in total. The first-order chi connectivity index (χ1) is 10.6. The topological polar surface area (TPSA) is 65.2 Å². The molecule has 3 aromatic rings. The van der Waals surface area contributed by atoms with Crippen molar-refractivity contribution in [2.75, 3.05) is 0 Å². The molecule has 2 aromatic heterocycles. The number of hydrogen-bond acceptors (Lipinski definition) is 6. The van der Waals surface area contributed by atoms with Gasteiger partial charge in [-0.2, -0.15) is 16.3 Å². The number of nitrogens with zero attached hydrogens (tertiary/aromatic N) is 2. The first-order valence-corrected chi connectivity index (χ1v) is 7.43. The summed E-state index contributed by atoms with van der Waals surface area (Å²) in [6.45, 7) is -0.248. The van der Waals surface area contributed by atoms with Crippen LogP contribution in [0.4, 0.5) is 4.39 Å². The van der Waals surface area contributed by atoms with Crippen molar-refractivity contribution >= 4 is 28.9 Å². The third-order valence-electron chi connectivity index (χ3n) is 2.72. The molecule has 5 nitrogen and oxygen atoms in total. The molecule has 0 saturated carbocycles. The van der Waals surface area contributed by atoms with Gasteiger partial charge in [-0.3, -0.25) is 0 Å². The highest BCUT2D eigenvalue weighted by molar-refractivity contribution is 7.08. The lowest BCUT2D eigenvalue weighted by Crippen LogP contribution is -2.07. The highest BCUT2D eigenvalue weighted by Crippen LogP contribution is 2.19. The molecule has 0 spiro atoms. The van der Waals surface area contributed by atoms with Crippen molar-refractivity contribution in [2.24, 2.45) is 0 Å². The monoisotopic (exact) mass is 338 g/mol. The summed E-state index contributed by atoms with van der Waals surface area (Å²) in [5.41, 5.74) is 0.567. The van der Waals surface area contributed by atoms with Crippen LogP contribution in [0.25, 0.3) is 11.4 Å². The van der Waals surface area contributed by atoms with Crippen molar-refractivity contribution in [2.45, 2.75) is 6.61 Å². The summed E-state index contributed by atoms with van der Waals surface area (Å²) in [7, 11) is 0. The van der Waals surface area contributed by atoms with Crippen molar-refractivity contribution < 1.29 is 18.4 Å². The van der Waals surface area contributed by atoms with Gasteiger partial charge in [0.1, 0.15) is 5.82 Å². The Morgan fingerprint density at radius 2 is 2.27 bits per heavy atom. The fourth-order valence-corrected chi connectivity index (χ4v) is 2.49. The Morgan fingerprint density at radius 1 is 1.41 bits per heavy atom. The zero-order valence-electron chi connectivity index (χ0n) is 11.0. The van der Waals surface area contributed by atoms with E-state index in [4.69, 9.17) is 20.9 Å². The van der Waals surface area contributed by atoms with Gasteiger partial charge < -0.3 is 9.26 Å². The largest absolute Gasteiger partial charge is 0.452 e. The van der Waals surface area contributed by atoms with Gasteiger partial charge in [0, 0.05) is 16.0 Å². The minimum Gasteiger partial charge on any atom is -0.452 e. The molecule has 1 aromatic carbocycles. The summed E-state index contributed by atoms with van der Waals surface area (Å²) in [6, 6.07) is 5.48. The summed E-state index contributed by atoms with van der Waals surface area (Å²) in [6.07, 6.45) is 0. The van der Waals surface area contributed by atoms with E-state index in [0.717, 1.165) is 11.6 Å². The third-order valence-corrected chi connectivity index (χ3v) is 3.64. The molecule has 2 heterocycles. The van der Waals surface area contributed by atoms with E-state index in [9.17, 15) is 9.18 Å². The number of ether oxygens (including phenoxy) is 1. The molecule has 0 aliphatic heterocycles. The Hall–Kier alpha value is -2.25. The van der Waals surface area contributed by atoms with E-state index in [2.05, 4.69) is 10.1 Å². The van der Waals surface area contributed by atoms with E-state index in [1.54, 1.807) is 0 Å². The van der Waals surface area contributed by atoms with Gasteiger partial charge in [-0.05, 0) is 29.6 Å². The van der Waals surface area contributed by atoms with E-state index < -0.39 is 11.8 Å². The van der Waals surface area contributed by atoms with Crippen molar-refractivity contribution in [3.8, 4) is 11.4 Å². The first-order valence-electron chi connectivity index (χ1n) is 6.11. The fourth-order valence-electron chi connectivity index (χ4n) is 1.68. The Balaban J connectivity index is 1.67. The lowest BCUT2D eigenvalue weighted by molar-refractivity contribution is 0.0424. The molecule has 0 saturated heterocycles. The van der Waals surface area contributed by atoms with Gasteiger partial charge in [0.15, 0.2) is 6.61 Å². The molecule has 0 radical (unpaired) electrons. The number of carbonyl (C=O) groups is 1. The predicted molar refractivity (Wildman–Crippen MR) is 78.1 cm³/mol. The van der Waals surface area contributed by atoms with Crippen molar-refractivity contribution in [3.63, 3.8) is 0 Å². The molecule has 3 rings (SSSR count). The molecule has 8 heteroatoms. The zero-order chi connectivity index (χ0) is 15.5. The van der Waals surface area contributed by atoms with Gasteiger partial charge in [-0.1, -0.05) is 16.8 Å². The minimum absolute atomic E-state index is 0.122. The number of benzene rings is 1. The summed E-state index contributed by atoms with van der Waals surface area (Å²) in [4.78, 5) is 15.9. The molecule has 0 amide bonds. The van der Waals surface area contributed by atoms with Gasteiger partial charge in [0.25, 0.3) is 5.89 Å². The zero-order valence-corrected chi connectivity index (χ0v) is 12.5. The van der Waals surface area contributed by atoms with Gasteiger partial charge in [0.2, 0.25) is 5.82 Å². The molecule has 0 unspecified atom stereocenters. The van der Waals surface area contributed by atoms with E-state index in [0.29, 0.717) is 5.82 Å². The summed E-state index contributed by atoms with van der Waals surface area (Å²) >= 11 is 7.23. The lowest BCUT2D eigenvalue weighted by Gasteiger charge is -2.03. The van der Waals surface area contributed by atoms with Crippen LogP contribution in [0.2, 0.25) is 5.02 Å². The Kier molecular flexibility index (Phi) is 4.17. The number of esters is 1. The Bertz CT molecular complexity index is 804. The summed E-state index contributed by atoms with van der Waals surface area (Å²) in [5, 5.41) is 7.76. The molecule has 112 valence electrons. The molecular weight excluding hydrogens is 331 g/mol. The lowest BCUT2D eigenvalue weighted by atomic mass is 10.2. The van der Waals surface area contributed by atoms with Crippen molar-refractivity contribution in [1.29, 1.82) is 0 Å². The van der Waals surface area contributed by atoms with Crippen LogP contribution in [0.3, 0.4) is 0 Å². The maximum atomic E-state index is 13.5. The fraction of sp³-hybridized carbons (Fsp3) is 0.0714. The number of hydrogen-bond donors (Lipinski definition) is 0. The second-order valence-corrected chi connectivity index (χ2v) is 5.44. The van der Waals surface area contributed by atoms with Gasteiger partial charge in [0.05, 0.1) is 5.56 Å². The Morgan fingerprint density at radius 3 is 3.05 bits per heavy atom. The number of rotatable bonds is 4. The highest BCUT2D eigenvalue weighted by Gasteiger charge is 2.16. The third kappa shape index (κ3) is 3.15. The standard InChI is InChI=1S/C14H8ClFN2O3S/c15-9-1-2-11(16)10(5-9)14(19)20-6-12-17-13(18-21-12)8-3-4-22-7-8/h1-5,7H,6H2. The molecule has 0 fully saturated rings. The second-order valence-electron chi connectivity index (χ2n) is 4.22. The highest BCUT2D eigenvalue weighted by atomic mass is 35.5. The SMILES string of the molecule is O=C(OCc1nc(-c2ccsc2)no1)c1cc(Cl)ccc1F. The van der Waals surface area contributed by atoms with Crippen LogP contribution in [0, 0.1) is 5.82 Å². The van der Waals surface area contributed by atoms with E-state index in [1.165, 1.54) is 23.5 Å². The van der Waals surface area contributed by atoms with E-state index in [1.807, 2.05) is 16.8 Å². The summed E-state index contributed by atoms with van der Waals surface area (Å²) in [5.74, 6) is -1.03. The maximum absolute atomic E-state index is 13.5. The number of aromatic nitrogens is 2. The molecule has 22 heavy (non-hydrogen) atoms. The van der Waals surface area contributed by atoms with Crippen molar-refractivity contribution in [3.05, 3.63) is 57.3 Å². The number of carbonyl (C=O) groups excluding carboxylic acids is 1. The van der Waals surface area contributed by atoms with Gasteiger partial charge in [-0.15, -0.1) is 0 Å². The molecule has 0 aliphatic carbocycles. The molecule has 0 bridgehead atoms. The van der Waals surface area contributed by atoms with Crippen LogP contribution in [-0.4, -0.2) is 16.1 Å². The second kappa shape index (κ2) is 6.25. The van der Waals surface area contributed by atoms with Crippen LogP contribution in [0.15, 0.2) is 39.5 Å². The normalized spacial score (nSPS) is 10.6. The average Bonchev–Trinajstić information content (AvgIpc) is 3.17. The number of thiophene rings is 1. The first kappa shape index (κ1) is 14.7. The molecule has 0 aliphatic rings. The minimum atomic E-state index is -0.852.